The predicted octanol–water partition coefficient (Wildman–Crippen LogP) is 3.44. The number of aliphatic hydroxyl groups excluding tert-OH is 1. The number of rotatable bonds is 3. The van der Waals surface area contributed by atoms with Crippen molar-refractivity contribution in [3.05, 3.63) is 16.6 Å². The van der Waals surface area contributed by atoms with E-state index in [-0.39, 0.29) is 40.3 Å². The van der Waals surface area contributed by atoms with Crippen LogP contribution >= 0.6 is 0 Å². The monoisotopic (exact) mass is 359 g/mol. The topological polar surface area (TPSA) is 83.8 Å². The molecule has 0 amide bonds. The summed E-state index contributed by atoms with van der Waals surface area (Å²) < 4.78 is 0. The summed E-state index contributed by atoms with van der Waals surface area (Å²) in [6.07, 6.45) is 7.54. The third-order valence-electron chi connectivity index (χ3n) is 8.57. The van der Waals surface area contributed by atoms with Crippen molar-refractivity contribution in [3.8, 4) is 0 Å². The van der Waals surface area contributed by atoms with Crippen molar-refractivity contribution in [2.24, 2.45) is 39.7 Å². The fraction of sp³-hybridized carbons (Fsp3) is 0.810. The van der Waals surface area contributed by atoms with E-state index in [2.05, 4.69) is 19.0 Å². The van der Waals surface area contributed by atoms with Crippen LogP contribution < -0.4 is 0 Å². The SMILES string of the molecule is CC12CCC(=O)C=C1CCC1C2C(N=O)CC2(C)C(C(=O)CO)CCC12. The van der Waals surface area contributed by atoms with Gasteiger partial charge in [0, 0.05) is 12.3 Å². The molecule has 4 rings (SSSR count). The molecule has 7 atom stereocenters. The highest BCUT2D eigenvalue weighted by molar-refractivity contribution is 5.91. The molecule has 0 radical (unpaired) electrons. The highest BCUT2D eigenvalue weighted by Crippen LogP contribution is 2.67. The van der Waals surface area contributed by atoms with E-state index in [1.54, 1.807) is 0 Å². The standard InChI is InChI=1S/C21H29NO4/c1-20-8-7-13(24)9-12(20)3-4-14-15-5-6-16(18(25)11-23)21(15,2)10-17(22-26)19(14)20/h9,14-17,19,23H,3-8,10-11H2,1-2H3. The third-order valence-corrected chi connectivity index (χ3v) is 8.57. The minimum Gasteiger partial charge on any atom is -0.389 e. The zero-order chi connectivity index (χ0) is 18.7. The average Bonchev–Trinajstić information content (AvgIpc) is 2.97. The molecule has 4 aliphatic carbocycles. The Labute approximate surface area is 154 Å². The lowest BCUT2D eigenvalue weighted by Gasteiger charge is -2.59. The van der Waals surface area contributed by atoms with Crippen LogP contribution in [0.4, 0.5) is 0 Å². The molecular formula is C21H29NO4. The van der Waals surface area contributed by atoms with Crippen molar-refractivity contribution in [3.63, 3.8) is 0 Å². The van der Waals surface area contributed by atoms with Crippen molar-refractivity contribution in [2.45, 2.75) is 64.8 Å². The lowest BCUT2D eigenvalue weighted by atomic mass is 9.45. The molecule has 0 saturated heterocycles. The zero-order valence-corrected chi connectivity index (χ0v) is 15.7. The number of hydrogen-bond donors (Lipinski definition) is 1. The van der Waals surface area contributed by atoms with Crippen LogP contribution in [0.25, 0.3) is 0 Å². The predicted molar refractivity (Wildman–Crippen MR) is 97.3 cm³/mol. The van der Waals surface area contributed by atoms with E-state index in [0.29, 0.717) is 24.7 Å². The van der Waals surface area contributed by atoms with Gasteiger partial charge in [-0.15, -0.1) is 0 Å². The summed E-state index contributed by atoms with van der Waals surface area (Å²) in [6, 6.07) is -0.310. The van der Waals surface area contributed by atoms with Gasteiger partial charge in [-0.25, -0.2) is 0 Å². The van der Waals surface area contributed by atoms with Gasteiger partial charge in [-0.1, -0.05) is 24.6 Å². The van der Waals surface area contributed by atoms with Gasteiger partial charge in [0.25, 0.3) is 0 Å². The number of hydrogen-bond acceptors (Lipinski definition) is 5. The van der Waals surface area contributed by atoms with Crippen LogP contribution in [0.3, 0.4) is 0 Å². The molecule has 0 aromatic carbocycles. The molecular weight excluding hydrogens is 330 g/mol. The van der Waals surface area contributed by atoms with E-state index in [4.69, 9.17) is 0 Å². The largest absolute Gasteiger partial charge is 0.389 e. The first-order valence-electron chi connectivity index (χ1n) is 10.0. The van der Waals surface area contributed by atoms with Crippen molar-refractivity contribution < 1.29 is 14.7 Å². The quantitative estimate of drug-likeness (QED) is 0.782. The lowest BCUT2D eigenvalue weighted by Crippen LogP contribution is -2.56. The number of nitroso groups, excluding NO2 is 1. The minimum atomic E-state index is -0.410. The third kappa shape index (κ3) is 2.32. The van der Waals surface area contributed by atoms with E-state index in [0.717, 1.165) is 32.1 Å². The number of allylic oxidation sites excluding steroid dienone is 1. The molecule has 142 valence electrons. The van der Waals surface area contributed by atoms with Crippen molar-refractivity contribution in [2.75, 3.05) is 6.61 Å². The molecule has 3 fully saturated rings. The van der Waals surface area contributed by atoms with Crippen LogP contribution in [0.1, 0.15) is 58.8 Å². The van der Waals surface area contributed by atoms with Crippen LogP contribution in [0, 0.1) is 39.4 Å². The van der Waals surface area contributed by atoms with Crippen LogP contribution in [0.15, 0.2) is 16.8 Å². The second-order valence-electron chi connectivity index (χ2n) is 9.53. The summed E-state index contributed by atoms with van der Waals surface area (Å²) in [5, 5.41) is 13.0. The summed E-state index contributed by atoms with van der Waals surface area (Å²) in [4.78, 5) is 36.2. The van der Waals surface area contributed by atoms with Crippen molar-refractivity contribution in [1.29, 1.82) is 0 Å². The molecule has 4 aliphatic rings. The number of nitrogens with zero attached hydrogens (tertiary/aromatic N) is 1. The number of Topliss-reactive ketones (excluding diaryl/α,β-unsaturated/α-hetero) is 1. The van der Waals surface area contributed by atoms with Crippen molar-refractivity contribution >= 4 is 11.6 Å². The summed E-state index contributed by atoms with van der Waals surface area (Å²) in [7, 11) is 0. The first kappa shape index (κ1) is 18.0. The maximum Gasteiger partial charge on any atom is 0.161 e. The fourth-order valence-electron chi connectivity index (χ4n) is 7.43. The molecule has 5 heteroatoms. The Bertz CT molecular complexity index is 685. The summed E-state index contributed by atoms with van der Waals surface area (Å²) in [5.74, 6) is 0.936. The van der Waals surface area contributed by atoms with Gasteiger partial charge in [0.1, 0.15) is 6.61 Å². The van der Waals surface area contributed by atoms with Crippen LogP contribution in [-0.2, 0) is 9.59 Å². The van der Waals surface area contributed by atoms with E-state index in [9.17, 15) is 19.6 Å². The summed E-state index contributed by atoms with van der Waals surface area (Å²) in [6.45, 7) is 3.97. The molecule has 0 spiro atoms. The Hall–Kier alpha value is -1.36. The first-order chi connectivity index (χ1) is 12.3. The summed E-state index contributed by atoms with van der Waals surface area (Å²) >= 11 is 0. The van der Waals surface area contributed by atoms with Gasteiger partial charge in [-0.3, -0.25) is 9.59 Å². The molecule has 0 aromatic heterocycles. The van der Waals surface area contributed by atoms with Gasteiger partial charge in [-0.2, -0.15) is 4.91 Å². The molecule has 7 unspecified atom stereocenters. The van der Waals surface area contributed by atoms with E-state index < -0.39 is 6.61 Å². The second-order valence-corrected chi connectivity index (χ2v) is 9.53. The smallest absolute Gasteiger partial charge is 0.161 e. The Morgan fingerprint density at radius 3 is 2.73 bits per heavy atom. The van der Waals surface area contributed by atoms with Gasteiger partial charge in [0.15, 0.2) is 11.6 Å². The van der Waals surface area contributed by atoms with Crippen molar-refractivity contribution in [1.82, 2.24) is 0 Å². The molecule has 0 aliphatic heterocycles. The molecule has 5 nitrogen and oxygen atoms in total. The minimum absolute atomic E-state index is 0.0797. The van der Waals surface area contributed by atoms with Gasteiger partial charge in [-0.05, 0) is 73.2 Å². The number of carbonyl (C=O) groups excluding carboxylic acids is 2. The highest BCUT2D eigenvalue weighted by atomic mass is 16.3. The fourth-order valence-corrected chi connectivity index (χ4v) is 7.43. The van der Waals surface area contributed by atoms with Crippen LogP contribution in [0.2, 0.25) is 0 Å². The van der Waals surface area contributed by atoms with E-state index in [1.807, 2.05) is 6.08 Å². The summed E-state index contributed by atoms with van der Waals surface area (Å²) in [5.41, 5.74) is 0.866. The number of carbonyl (C=O) groups is 2. The Balaban J connectivity index is 1.74. The lowest BCUT2D eigenvalue weighted by molar-refractivity contribution is -0.134. The normalized spacial score (nSPS) is 47.4. The molecule has 0 heterocycles. The zero-order valence-electron chi connectivity index (χ0n) is 15.7. The average molecular weight is 359 g/mol. The number of aliphatic hydroxyl groups is 1. The molecule has 1 N–H and O–H groups in total. The first-order valence-corrected chi connectivity index (χ1v) is 10.0. The van der Waals surface area contributed by atoms with Crippen LogP contribution in [-0.4, -0.2) is 29.3 Å². The van der Waals surface area contributed by atoms with E-state index >= 15 is 0 Å². The maximum atomic E-state index is 12.4. The number of fused-ring (bicyclic) bond motifs is 5. The second kappa shape index (κ2) is 6.08. The number of ketones is 2. The van der Waals surface area contributed by atoms with Gasteiger partial charge in [0.05, 0.1) is 6.04 Å². The van der Waals surface area contributed by atoms with E-state index in [1.165, 1.54) is 5.57 Å². The molecule has 0 bridgehead atoms. The molecule has 3 saturated carbocycles. The maximum absolute atomic E-state index is 12.4. The molecule has 26 heavy (non-hydrogen) atoms. The molecule has 0 aromatic rings. The van der Waals surface area contributed by atoms with Gasteiger partial charge >= 0.3 is 0 Å². The van der Waals surface area contributed by atoms with Gasteiger partial charge < -0.3 is 5.11 Å². The highest BCUT2D eigenvalue weighted by Gasteiger charge is 2.63. The van der Waals surface area contributed by atoms with Crippen LogP contribution in [0.5, 0.6) is 0 Å². The Morgan fingerprint density at radius 2 is 2.04 bits per heavy atom. The van der Waals surface area contributed by atoms with Gasteiger partial charge in [0.2, 0.25) is 0 Å². The Morgan fingerprint density at radius 1 is 1.27 bits per heavy atom. The Kier molecular flexibility index (Phi) is 4.22.